The number of nitrogens with one attached hydrogen (secondary N) is 2. The highest BCUT2D eigenvalue weighted by atomic mass is 16.6. The van der Waals surface area contributed by atoms with Gasteiger partial charge >= 0.3 is 23.9 Å². The van der Waals surface area contributed by atoms with Gasteiger partial charge in [-0.3, -0.25) is 19.2 Å². The van der Waals surface area contributed by atoms with Crippen molar-refractivity contribution in [1.82, 2.24) is 10.6 Å². The molecule has 0 radical (unpaired) electrons. The van der Waals surface area contributed by atoms with E-state index in [9.17, 15) is 28.8 Å². The Morgan fingerprint density at radius 3 is 2.12 bits per heavy atom. The highest BCUT2D eigenvalue weighted by Crippen LogP contribution is 2.28. The number of methoxy groups -OCH3 is 1. The first kappa shape index (κ1) is 28.4. The number of aliphatic carboxylic acids is 1. The molecule has 0 fully saturated rings. The monoisotopic (exact) mass is 488 g/mol. The molecule has 0 saturated heterocycles. The van der Waals surface area contributed by atoms with E-state index in [-0.39, 0.29) is 6.54 Å². The van der Waals surface area contributed by atoms with Crippen molar-refractivity contribution < 1.29 is 57.6 Å². The van der Waals surface area contributed by atoms with E-state index in [1.807, 2.05) is 0 Å². The molecule has 1 aliphatic rings. The molecule has 34 heavy (non-hydrogen) atoms. The summed E-state index contributed by atoms with van der Waals surface area (Å²) in [5.74, 6) is -5.44. The van der Waals surface area contributed by atoms with Crippen LogP contribution in [0.5, 0.6) is 0 Å². The Morgan fingerprint density at radius 1 is 1.03 bits per heavy atom. The summed E-state index contributed by atoms with van der Waals surface area (Å²) in [7, 11) is 1.07. The van der Waals surface area contributed by atoms with Gasteiger partial charge in [0.05, 0.1) is 19.7 Å². The minimum absolute atomic E-state index is 0.322. The second-order valence-corrected chi connectivity index (χ2v) is 7.16. The van der Waals surface area contributed by atoms with Crippen LogP contribution >= 0.6 is 0 Å². The minimum Gasteiger partial charge on any atom is -0.480 e. The molecule has 1 aliphatic heterocycles. The summed E-state index contributed by atoms with van der Waals surface area (Å²) in [6.07, 6.45) is -4.42. The lowest BCUT2D eigenvalue weighted by Gasteiger charge is -2.41. The molecule has 2 amide bonds. The van der Waals surface area contributed by atoms with Crippen LogP contribution in [0.2, 0.25) is 0 Å². The first-order chi connectivity index (χ1) is 15.8. The van der Waals surface area contributed by atoms with Gasteiger partial charge in [-0.05, 0) is 6.08 Å². The van der Waals surface area contributed by atoms with Gasteiger partial charge in [-0.1, -0.05) is 0 Å². The van der Waals surface area contributed by atoms with E-state index in [4.69, 9.17) is 24.1 Å². The number of rotatable bonds is 11. The number of carboxylic acids is 1. The minimum atomic E-state index is -1.49. The van der Waals surface area contributed by atoms with Gasteiger partial charge in [0.15, 0.2) is 18.3 Å². The Bertz CT molecular complexity index is 839. The van der Waals surface area contributed by atoms with Crippen LogP contribution < -0.4 is 10.6 Å². The molecule has 1 heterocycles. The lowest BCUT2D eigenvalue weighted by Crippen LogP contribution is -2.62. The molecule has 0 saturated carbocycles. The maximum Gasteiger partial charge on any atom is 0.373 e. The first-order valence-electron chi connectivity index (χ1n) is 10.0. The molecular weight excluding hydrogens is 460 g/mol. The fourth-order valence-corrected chi connectivity index (χ4v) is 3.13. The number of carbonyl (C=O) groups is 6. The van der Waals surface area contributed by atoms with Crippen molar-refractivity contribution in [2.45, 2.75) is 58.2 Å². The molecular formula is C20H28N2O12. The van der Waals surface area contributed by atoms with Crippen molar-refractivity contribution >= 4 is 35.7 Å². The van der Waals surface area contributed by atoms with Gasteiger partial charge in [-0.15, -0.1) is 0 Å². The number of hydrogen-bond acceptors (Lipinski definition) is 11. The molecule has 14 heteroatoms. The normalized spacial score (nSPS) is 21.0. The zero-order chi connectivity index (χ0) is 26.0. The second-order valence-electron chi connectivity index (χ2n) is 7.16. The van der Waals surface area contributed by atoms with Crippen LogP contribution in [0.3, 0.4) is 0 Å². The van der Waals surface area contributed by atoms with Gasteiger partial charge in [0.1, 0.15) is 12.7 Å². The van der Waals surface area contributed by atoms with Crippen LogP contribution in [0.25, 0.3) is 0 Å². The number of hydrogen-bond donors (Lipinski definition) is 3. The van der Waals surface area contributed by atoms with Crippen molar-refractivity contribution in [3.8, 4) is 0 Å². The van der Waals surface area contributed by atoms with E-state index in [0.29, 0.717) is 0 Å². The first-order valence-corrected chi connectivity index (χ1v) is 10.0. The fraction of sp³-hybridized carbons (Fsp3) is 0.600. The largest absolute Gasteiger partial charge is 0.480 e. The maximum absolute atomic E-state index is 12.2. The molecule has 0 aromatic rings. The van der Waals surface area contributed by atoms with Crippen molar-refractivity contribution in [2.24, 2.45) is 0 Å². The fourth-order valence-electron chi connectivity index (χ4n) is 3.13. The number of esters is 3. The standard InChI is InChI=1S/C20H28N2O12/c1-9(23)21-7-15(32-11(3)25)18(33-12(4)26)19-17(22-10(2)24)13(31-8-16(27)28)6-14(34-19)20(29)30-5/h6,13,15,17-19H,7-8H2,1-5H3,(H,21,23)(H,22,24)(H,27,28)/t13-,15+,17+,18+,19+/m0/s1. The third kappa shape index (κ3) is 9.05. The summed E-state index contributed by atoms with van der Waals surface area (Å²) in [6, 6.07) is -1.22. The van der Waals surface area contributed by atoms with Crippen molar-refractivity contribution in [3.63, 3.8) is 0 Å². The average Bonchev–Trinajstić information content (AvgIpc) is 2.72. The lowest BCUT2D eigenvalue weighted by atomic mass is 9.93. The second kappa shape index (κ2) is 13.1. The molecule has 190 valence electrons. The topological polar surface area (TPSA) is 193 Å². The van der Waals surface area contributed by atoms with Gasteiger partial charge in [-0.25, -0.2) is 9.59 Å². The van der Waals surface area contributed by atoms with Crippen LogP contribution in [0.1, 0.15) is 27.7 Å². The van der Waals surface area contributed by atoms with E-state index in [2.05, 4.69) is 15.4 Å². The van der Waals surface area contributed by atoms with Crippen LogP contribution in [-0.4, -0.2) is 91.5 Å². The third-order valence-electron chi connectivity index (χ3n) is 4.30. The molecule has 14 nitrogen and oxygen atoms in total. The molecule has 3 N–H and O–H groups in total. The number of ether oxygens (including phenoxy) is 5. The predicted molar refractivity (Wildman–Crippen MR) is 110 cm³/mol. The summed E-state index contributed by atoms with van der Waals surface area (Å²) >= 11 is 0. The van der Waals surface area contributed by atoms with E-state index >= 15 is 0 Å². The molecule has 0 aromatic carbocycles. The molecule has 0 unspecified atom stereocenters. The van der Waals surface area contributed by atoms with E-state index < -0.39 is 78.5 Å². The Balaban J connectivity index is 3.57. The summed E-state index contributed by atoms with van der Waals surface area (Å²) in [4.78, 5) is 70.3. The maximum atomic E-state index is 12.2. The number of carbonyl (C=O) groups excluding carboxylic acids is 5. The van der Waals surface area contributed by atoms with Crippen LogP contribution in [-0.2, 0) is 52.5 Å². The Morgan fingerprint density at radius 2 is 1.65 bits per heavy atom. The van der Waals surface area contributed by atoms with Gasteiger partial charge in [0, 0.05) is 27.7 Å². The Hall–Kier alpha value is -3.68. The van der Waals surface area contributed by atoms with Crippen LogP contribution in [0.4, 0.5) is 0 Å². The summed E-state index contributed by atoms with van der Waals surface area (Å²) in [5.41, 5.74) is 0. The van der Waals surface area contributed by atoms with Crippen molar-refractivity contribution in [1.29, 1.82) is 0 Å². The Labute approximate surface area is 194 Å². The van der Waals surface area contributed by atoms with Gasteiger partial charge < -0.3 is 39.4 Å². The number of carboxylic acid groups (broad SMARTS) is 1. The van der Waals surface area contributed by atoms with Crippen molar-refractivity contribution in [3.05, 3.63) is 11.8 Å². The lowest BCUT2D eigenvalue weighted by molar-refractivity contribution is -0.184. The highest BCUT2D eigenvalue weighted by Gasteiger charge is 2.48. The average molecular weight is 488 g/mol. The smallest absolute Gasteiger partial charge is 0.373 e. The third-order valence-corrected chi connectivity index (χ3v) is 4.30. The summed E-state index contributed by atoms with van der Waals surface area (Å²) in [5, 5.41) is 14.0. The van der Waals surface area contributed by atoms with Gasteiger partial charge in [0.25, 0.3) is 0 Å². The van der Waals surface area contributed by atoms with Gasteiger partial charge in [-0.2, -0.15) is 0 Å². The quantitative estimate of drug-likeness (QED) is 0.223. The molecule has 0 aromatic heterocycles. The van der Waals surface area contributed by atoms with Crippen LogP contribution in [0.15, 0.2) is 11.8 Å². The highest BCUT2D eigenvalue weighted by molar-refractivity contribution is 5.86. The SMILES string of the molecule is COC(=O)C1=C[C@H](OCC(=O)O)[C@@H](NC(C)=O)[C@H]([C@H](OC(C)=O)[C@@H](CNC(C)=O)OC(C)=O)O1. The molecule has 1 rings (SSSR count). The zero-order valence-electron chi connectivity index (χ0n) is 19.3. The van der Waals surface area contributed by atoms with Gasteiger partial charge in [0.2, 0.25) is 17.6 Å². The van der Waals surface area contributed by atoms with Crippen molar-refractivity contribution in [2.75, 3.05) is 20.3 Å². The van der Waals surface area contributed by atoms with Crippen LogP contribution in [0, 0.1) is 0 Å². The molecule has 0 spiro atoms. The van der Waals surface area contributed by atoms with E-state index in [1.54, 1.807) is 0 Å². The van der Waals surface area contributed by atoms with E-state index in [1.165, 1.54) is 6.92 Å². The Kier molecular flexibility index (Phi) is 10.9. The molecule has 0 bridgehead atoms. The van der Waals surface area contributed by atoms with E-state index in [0.717, 1.165) is 34.0 Å². The molecule has 5 atom stereocenters. The zero-order valence-corrected chi connectivity index (χ0v) is 19.3. The number of amides is 2. The molecule has 0 aliphatic carbocycles. The summed E-state index contributed by atoms with van der Waals surface area (Å²) in [6.45, 7) is 3.37. The predicted octanol–water partition coefficient (Wildman–Crippen LogP) is -1.58. The summed E-state index contributed by atoms with van der Waals surface area (Å²) < 4.78 is 26.2.